The van der Waals surface area contributed by atoms with Gasteiger partial charge >= 0.3 is 5.97 Å². The van der Waals surface area contributed by atoms with Gasteiger partial charge in [0.1, 0.15) is 17.2 Å². The molecule has 1 N–H and O–H groups in total. The number of aryl methyl sites for hydroxylation is 2. The van der Waals surface area contributed by atoms with Crippen LogP contribution in [0.25, 0.3) is 0 Å². The van der Waals surface area contributed by atoms with Crippen LogP contribution in [0.5, 0.6) is 17.2 Å². The lowest BCUT2D eigenvalue weighted by Crippen LogP contribution is -2.30. The normalized spacial score (nSPS) is 11.7. The zero-order chi connectivity index (χ0) is 18.6. The van der Waals surface area contributed by atoms with Crippen LogP contribution < -0.4 is 14.2 Å². The molecule has 0 spiro atoms. The van der Waals surface area contributed by atoms with Crippen molar-refractivity contribution in [3.05, 3.63) is 52.6 Å². The van der Waals surface area contributed by atoms with Crippen LogP contribution in [0.15, 0.2) is 30.3 Å². The van der Waals surface area contributed by atoms with E-state index in [0.29, 0.717) is 17.2 Å². The lowest BCUT2D eigenvalue weighted by molar-refractivity contribution is -0.145. The van der Waals surface area contributed by atoms with Crippen molar-refractivity contribution in [2.75, 3.05) is 14.2 Å². The summed E-state index contributed by atoms with van der Waals surface area (Å²) in [5.74, 6) is 0.811. The summed E-state index contributed by atoms with van der Waals surface area (Å²) < 4.78 is 16.4. The van der Waals surface area contributed by atoms with E-state index in [1.54, 1.807) is 32.4 Å². The molecule has 0 amide bonds. The van der Waals surface area contributed by atoms with E-state index < -0.39 is 12.1 Å². The SMILES string of the molecule is COc1ccc(OC)c(C[C@@H](Oc2cc(C)cc(C)c2C)C(=O)O)c1. The molecule has 5 heteroatoms. The highest BCUT2D eigenvalue weighted by Crippen LogP contribution is 2.28. The van der Waals surface area contributed by atoms with Crippen molar-refractivity contribution in [2.45, 2.75) is 33.3 Å². The summed E-state index contributed by atoms with van der Waals surface area (Å²) in [5, 5.41) is 9.62. The Labute approximate surface area is 148 Å². The van der Waals surface area contributed by atoms with Crippen LogP contribution in [0.1, 0.15) is 22.3 Å². The van der Waals surface area contributed by atoms with Gasteiger partial charge in [0, 0.05) is 12.0 Å². The highest BCUT2D eigenvalue weighted by atomic mass is 16.5. The van der Waals surface area contributed by atoms with E-state index in [4.69, 9.17) is 14.2 Å². The highest BCUT2D eigenvalue weighted by Gasteiger charge is 2.23. The molecule has 0 heterocycles. The predicted molar refractivity (Wildman–Crippen MR) is 96.0 cm³/mol. The van der Waals surface area contributed by atoms with Gasteiger partial charge in [-0.25, -0.2) is 4.79 Å². The third kappa shape index (κ3) is 4.44. The Balaban J connectivity index is 2.33. The second-order valence-corrected chi connectivity index (χ2v) is 6.03. The van der Waals surface area contributed by atoms with Gasteiger partial charge in [-0.15, -0.1) is 0 Å². The second-order valence-electron chi connectivity index (χ2n) is 6.03. The quantitative estimate of drug-likeness (QED) is 0.829. The Morgan fingerprint density at radius 3 is 2.36 bits per heavy atom. The number of carboxylic acid groups (broad SMARTS) is 1. The number of benzene rings is 2. The molecular weight excluding hydrogens is 320 g/mol. The van der Waals surface area contributed by atoms with E-state index in [1.807, 2.05) is 32.9 Å². The first-order valence-corrected chi connectivity index (χ1v) is 8.04. The molecule has 134 valence electrons. The molecule has 25 heavy (non-hydrogen) atoms. The number of ether oxygens (including phenoxy) is 3. The molecule has 2 rings (SSSR count). The van der Waals surface area contributed by atoms with Gasteiger partial charge in [0.25, 0.3) is 0 Å². The van der Waals surface area contributed by atoms with Gasteiger partial charge in [-0.1, -0.05) is 6.07 Å². The van der Waals surface area contributed by atoms with Crippen molar-refractivity contribution < 1.29 is 24.1 Å². The Morgan fingerprint density at radius 1 is 1.04 bits per heavy atom. The minimum atomic E-state index is -1.03. The molecular formula is C20H24O5. The maximum Gasteiger partial charge on any atom is 0.345 e. The van der Waals surface area contributed by atoms with Crippen molar-refractivity contribution in [3.8, 4) is 17.2 Å². The van der Waals surface area contributed by atoms with E-state index in [-0.39, 0.29) is 6.42 Å². The fraction of sp³-hybridized carbons (Fsp3) is 0.350. The van der Waals surface area contributed by atoms with E-state index in [0.717, 1.165) is 22.3 Å². The minimum Gasteiger partial charge on any atom is -0.497 e. The molecule has 0 radical (unpaired) electrons. The van der Waals surface area contributed by atoms with Crippen LogP contribution in [-0.2, 0) is 11.2 Å². The van der Waals surface area contributed by atoms with Gasteiger partial charge in [0.2, 0.25) is 0 Å². The first kappa shape index (κ1) is 18.6. The summed E-state index contributed by atoms with van der Waals surface area (Å²) >= 11 is 0. The molecule has 0 unspecified atom stereocenters. The number of hydrogen-bond acceptors (Lipinski definition) is 4. The predicted octanol–water partition coefficient (Wildman–Crippen LogP) is 3.70. The van der Waals surface area contributed by atoms with Crippen molar-refractivity contribution in [3.63, 3.8) is 0 Å². The lowest BCUT2D eigenvalue weighted by Gasteiger charge is -2.19. The minimum absolute atomic E-state index is 0.169. The Hall–Kier alpha value is -2.69. The Kier molecular flexibility index (Phi) is 5.91. The average molecular weight is 344 g/mol. The van der Waals surface area contributed by atoms with Crippen LogP contribution in [0.2, 0.25) is 0 Å². The van der Waals surface area contributed by atoms with Gasteiger partial charge in [-0.3, -0.25) is 0 Å². The number of carbonyl (C=O) groups is 1. The van der Waals surface area contributed by atoms with Gasteiger partial charge < -0.3 is 19.3 Å². The topological polar surface area (TPSA) is 65.0 Å². The lowest BCUT2D eigenvalue weighted by atomic mass is 10.0. The summed E-state index contributed by atoms with van der Waals surface area (Å²) in [6, 6.07) is 9.21. The third-order valence-electron chi connectivity index (χ3n) is 4.20. The van der Waals surface area contributed by atoms with E-state index >= 15 is 0 Å². The molecule has 0 saturated heterocycles. The molecule has 0 bridgehead atoms. The van der Waals surface area contributed by atoms with E-state index in [2.05, 4.69) is 0 Å². The number of aliphatic carboxylic acids is 1. The maximum atomic E-state index is 11.7. The first-order chi connectivity index (χ1) is 11.8. The van der Waals surface area contributed by atoms with Crippen LogP contribution in [0.3, 0.4) is 0 Å². The largest absolute Gasteiger partial charge is 0.497 e. The van der Waals surface area contributed by atoms with E-state index in [1.165, 1.54) is 0 Å². The molecule has 0 fully saturated rings. The Morgan fingerprint density at radius 2 is 1.76 bits per heavy atom. The van der Waals surface area contributed by atoms with Crippen LogP contribution in [0, 0.1) is 20.8 Å². The summed E-state index contributed by atoms with van der Waals surface area (Å²) in [4.78, 5) is 11.7. The number of carboxylic acids is 1. The fourth-order valence-corrected chi connectivity index (χ4v) is 2.70. The Bertz CT molecular complexity index is 767. The summed E-state index contributed by atoms with van der Waals surface area (Å²) in [7, 11) is 3.12. The highest BCUT2D eigenvalue weighted by molar-refractivity contribution is 5.73. The number of methoxy groups -OCH3 is 2. The van der Waals surface area contributed by atoms with E-state index in [9.17, 15) is 9.90 Å². The monoisotopic (exact) mass is 344 g/mol. The molecule has 5 nitrogen and oxygen atoms in total. The summed E-state index contributed by atoms with van der Waals surface area (Å²) in [6.45, 7) is 5.87. The van der Waals surface area contributed by atoms with Gasteiger partial charge in [0.05, 0.1) is 14.2 Å². The summed E-state index contributed by atoms with van der Waals surface area (Å²) in [6.07, 6.45) is -0.858. The second kappa shape index (κ2) is 7.92. The molecule has 1 atom stereocenters. The molecule has 0 saturated carbocycles. The fourth-order valence-electron chi connectivity index (χ4n) is 2.70. The number of rotatable bonds is 7. The molecule has 0 aliphatic heterocycles. The van der Waals surface area contributed by atoms with Crippen molar-refractivity contribution in [2.24, 2.45) is 0 Å². The van der Waals surface area contributed by atoms with Crippen LogP contribution in [0.4, 0.5) is 0 Å². The zero-order valence-corrected chi connectivity index (χ0v) is 15.3. The van der Waals surface area contributed by atoms with Gasteiger partial charge in [-0.2, -0.15) is 0 Å². The smallest absolute Gasteiger partial charge is 0.345 e. The average Bonchev–Trinajstić information content (AvgIpc) is 2.58. The molecule has 0 aromatic heterocycles. The standard InChI is InChI=1S/C20H24O5/c1-12-8-13(2)14(3)18(9-12)25-19(20(21)22)11-15-10-16(23-4)6-7-17(15)24-5/h6-10,19H,11H2,1-5H3,(H,21,22)/t19-/m1/s1. The molecule has 0 aliphatic carbocycles. The molecule has 0 aliphatic rings. The summed E-state index contributed by atoms with van der Waals surface area (Å²) in [5.41, 5.74) is 3.75. The number of hydrogen-bond donors (Lipinski definition) is 1. The zero-order valence-electron chi connectivity index (χ0n) is 15.3. The van der Waals surface area contributed by atoms with Crippen LogP contribution in [-0.4, -0.2) is 31.4 Å². The van der Waals surface area contributed by atoms with Crippen LogP contribution >= 0.6 is 0 Å². The third-order valence-corrected chi connectivity index (χ3v) is 4.20. The van der Waals surface area contributed by atoms with Crippen molar-refractivity contribution in [1.82, 2.24) is 0 Å². The van der Waals surface area contributed by atoms with Crippen molar-refractivity contribution in [1.29, 1.82) is 0 Å². The van der Waals surface area contributed by atoms with Gasteiger partial charge in [0.15, 0.2) is 6.10 Å². The first-order valence-electron chi connectivity index (χ1n) is 8.04. The maximum absolute atomic E-state index is 11.7. The molecule has 2 aromatic rings. The van der Waals surface area contributed by atoms with Gasteiger partial charge in [-0.05, 0) is 61.7 Å². The van der Waals surface area contributed by atoms with Crippen molar-refractivity contribution >= 4 is 5.97 Å². The molecule has 2 aromatic carbocycles.